The summed E-state index contributed by atoms with van der Waals surface area (Å²) in [5.74, 6) is 0.293. The van der Waals surface area contributed by atoms with E-state index in [1.54, 1.807) is 0 Å². The Morgan fingerprint density at radius 3 is 1.55 bits per heavy atom. The third-order valence-electron chi connectivity index (χ3n) is 7.31. The van der Waals surface area contributed by atoms with Crippen LogP contribution in [0.15, 0.2) is 12.1 Å². The van der Waals surface area contributed by atoms with Crippen LogP contribution in [0, 0.1) is 0 Å². The summed E-state index contributed by atoms with van der Waals surface area (Å²) in [4.78, 5) is 0. The molecular weight excluding hydrogens is 500 g/mol. The normalized spacial score (nSPS) is 33.9. The Morgan fingerprint density at radius 2 is 1.08 bits per heavy atom. The molecule has 0 spiro atoms. The molecule has 9 unspecified atom stereocenters. The number of aliphatic hydroxyl groups excluding tert-OH is 1. The van der Waals surface area contributed by atoms with Gasteiger partial charge in [0.25, 0.3) is 0 Å². The lowest BCUT2D eigenvalue weighted by molar-refractivity contribution is -0.131. The van der Waals surface area contributed by atoms with Gasteiger partial charge in [-0.15, -0.1) is 0 Å². The fraction of sp³-hybridized carbons (Fsp3) is 0.778. The van der Waals surface area contributed by atoms with Gasteiger partial charge in [-0.2, -0.15) is 0 Å². The summed E-state index contributed by atoms with van der Waals surface area (Å²) in [6.45, 7) is 5.56. The number of rotatable bonds is 16. The largest absolute Gasteiger partial charge is 0.508 e. The van der Waals surface area contributed by atoms with E-state index in [1.807, 2.05) is 6.07 Å². The zero-order valence-electron chi connectivity index (χ0n) is 21.4. The van der Waals surface area contributed by atoms with E-state index in [0.717, 1.165) is 57.2 Å². The monoisotopic (exact) mass is 538 g/mol. The first-order valence-corrected chi connectivity index (χ1v) is 13.6. The maximum Gasteiger partial charge on any atom is 0.122 e. The van der Waals surface area contributed by atoms with Crippen LogP contribution in [0.3, 0.4) is 0 Å². The minimum atomic E-state index is -0.602. The van der Waals surface area contributed by atoms with Crippen LogP contribution in [0.5, 0.6) is 11.5 Å². The molecule has 0 bridgehead atoms. The van der Waals surface area contributed by atoms with Crippen molar-refractivity contribution in [3.63, 3.8) is 0 Å². The lowest BCUT2D eigenvalue weighted by Crippen LogP contribution is -2.44. The SMILES string of the molecule is OC(CC1CO1)C(OCC1CO1)C(CC1CO1)OCC1CO1.Oc1cc(O)c(CC2CO2)cc1CC1CO1. The fourth-order valence-electron chi connectivity index (χ4n) is 4.47. The van der Waals surface area contributed by atoms with Crippen LogP contribution in [0.2, 0.25) is 0 Å². The lowest BCUT2D eigenvalue weighted by atomic mass is 9.99. The van der Waals surface area contributed by atoms with Crippen LogP contribution in [0.4, 0.5) is 0 Å². The van der Waals surface area contributed by atoms with Crippen molar-refractivity contribution in [2.75, 3.05) is 52.9 Å². The Bertz CT molecular complexity index is 885. The van der Waals surface area contributed by atoms with Crippen LogP contribution in [0.25, 0.3) is 0 Å². The van der Waals surface area contributed by atoms with E-state index >= 15 is 0 Å². The summed E-state index contributed by atoms with van der Waals surface area (Å²) >= 11 is 0. The van der Waals surface area contributed by atoms with Crippen molar-refractivity contribution in [2.24, 2.45) is 0 Å². The first kappa shape index (κ1) is 26.7. The van der Waals surface area contributed by atoms with Gasteiger partial charge >= 0.3 is 0 Å². The van der Waals surface area contributed by atoms with Crippen molar-refractivity contribution in [1.29, 1.82) is 0 Å². The number of phenols is 2. The predicted molar refractivity (Wildman–Crippen MR) is 130 cm³/mol. The van der Waals surface area contributed by atoms with Crippen LogP contribution in [-0.2, 0) is 50.7 Å². The summed E-state index contributed by atoms with van der Waals surface area (Å²) in [6.07, 6.45) is 2.79. The number of ether oxygens (including phenoxy) is 8. The highest BCUT2D eigenvalue weighted by molar-refractivity contribution is 5.46. The maximum absolute atomic E-state index is 10.5. The van der Waals surface area contributed by atoms with E-state index in [1.165, 1.54) is 6.07 Å². The highest BCUT2D eigenvalue weighted by atomic mass is 16.6. The number of hydrogen-bond donors (Lipinski definition) is 3. The van der Waals surface area contributed by atoms with Gasteiger partial charge in [-0.1, -0.05) is 0 Å². The summed E-state index contributed by atoms with van der Waals surface area (Å²) in [7, 11) is 0. The third kappa shape index (κ3) is 8.73. The average molecular weight is 539 g/mol. The van der Waals surface area contributed by atoms with Crippen LogP contribution in [0.1, 0.15) is 24.0 Å². The molecular formula is C27H38O11. The van der Waals surface area contributed by atoms with Gasteiger partial charge in [-0.05, 0) is 17.2 Å². The quantitative estimate of drug-likeness (QED) is 0.252. The summed E-state index contributed by atoms with van der Waals surface area (Å²) in [5.41, 5.74) is 1.69. The molecule has 3 N–H and O–H groups in total. The van der Waals surface area contributed by atoms with E-state index < -0.39 is 6.10 Å². The van der Waals surface area contributed by atoms with Gasteiger partial charge in [0.2, 0.25) is 0 Å². The molecule has 9 atom stereocenters. The van der Waals surface area contributed by atoms with Gasteiger partial charge < -0.3 is 53.2 Å². The Morgan fingerprint density at radius 1 is 0.632 bits per heavy atom. The molecule has 0 aliphatic carbocycles. The summed E-state index contributed by atoms with van der Waals surface area (Å²) < 4.78 is 43.1. The summed E-state index contributed by atoms with van der Waals surface area (Å²) in [6, 6.07) is 3.27. The molecule has 6 saturated heterocycles. The van der Waals surface area contributed by atoms with Crippen molar-refractivity contribution in [3.05, 3.63) is 23.3 Å². The van der Waals surface area contributed by atoms with Gasteiger partial charge in [-0.25, -0.2) is 0 Å². The molecule has 6 fully saturated rings. The molecule has 0 saturated carbocycles. The van der Waals surface area contributed by atoms with Crippen molar-refractivity contribution >= 4 is 0 Å². The van der Waals surface area contributed by atoms with Crippen molar-refractivity contribution in [2.45, 2.75) is 80.6 Å². The molecule has 6 heterocycles. The van der Waals surface area contributed by atoms with Crippen molar-refractivity contribution in [1.82, 2.24) is 0 Å². The zero-order chi connectivity index (χ0) is 26.1. The zero-order valence-corrected chi connectivity index (χ0v) is 21.4. The second-order valence-corrected chi connectivity index (χ2v) is 11.0. The predicted octanol–water partition coefficient (Wildman–Crippen LogP) is 0.474. The summed E-state index contributed by atoms with van der Waals surface area (Å²) in [5, 5.41) is 29.9. The number of phenolic OH excluding ortho intramolecular Hbond substituents is 2. The smallest absolute Gasteiger partial charge is 0.122 e. The highest BCUT2D eigenvalue weighted by Gasteiger charge is 2.40. The molecule has 0 amide bonds. The number of aromatic hydroxyl groups is 2. The maximum atomic E-state index is 10.5. The van der Waals surface area contributed by atoms with E-state index in [2.05, 4.69) is 0 Å². The fourth-order valence-corrected chi connectivity index (χ4v) is 4.47. The van der Waals surface area contributed by atoms with Crippen molar-refractivity contribution < 1.29 is 53.2 Å². The number of aliphatic hydroxyl groups is 1. The number of hydrogen-bond acceptors (Lipinski definition) is 11. The molecule has 0 aromatic heterocycles. The van der Waals surface area contributed by atoms with Crippen LogP contribution >= 0.6 is 0 Å². The van der Waals surface area contributed by atoms with Gasteiger partial charge in [0, 0.05) is 31.7 Å². The van der Waals surface area contributed by atoms with E-state index in [0.29, 0.717) is 32.5 Å². The Balaban J connectivity index is 0.000000146. The van der Waals surface area contributed by atoms with Gasteiger partial charge in [0.1, 0.15) is 29.8 Å². The van der Waals surface area contributed by atoms with E-state index in [9.17, 15) is 15.3 Å². The van der Waals surface area contributed by atoms with Crippen molar-refractivity contribution in [3.8, 4) is 11.5 Å². The first-order chi connectivity index (χ1) is 18.5. The molecule has 1 aromatic rings. The van der Waals surface area contributed by atoms with Crippen LogP contribution < -0.4 is 0 Å². The molecule has 212 valence electrons. The highest BCUT2D eigenvalue weighted by Crippen LogP contribution is 2.33. The molecule has 6 aliphatic rings. The standard InChI is InChI=1S/C15H24O7.C12H14O4/c16-13(1-9-3-17-9)15(22-8-12-6-20-12)14(2-10-4-18-10)21-7-11-5-19-11;13-11-4-12(14)8(3-10-6-16-10)1-7(11)2-9-5-15-9/h9-16H,1-8H2;1,4,9-10,13-14H,2-3,5-6H2. The molecule has 6 aliphatic heterocycles. The van der Waals surface area contributed by atoms with E-state index in [-0.39, 0.29) is 60.3 Å². The third-order valence-corrected chi connectivity index (χ3v) is 7.31. The molecule has 1 aromatic carbocycles. The lowest BCUT2D eigenvalue weighted by Gasteiger charge is -2.30. The van der Waals surface area contributed by atoms with Gasteiger partial charge in [0.15, 0.2) is 0 Å². The Kier molecular flexibility index (Phi) is 8.36. The minimum Gasteiger partial charge on any atom is -0.508 e. The molecule has 11 nitrogen and oxygen atoms in total. The number of epoxide rings is 6. The molecule has 0 radical (unpaired) electrons. The first-order valence-electron chi connectivity index (χ1n) is 13.6. The Labute approximate surface area is 221 Å². The van der Waals surface area contributed by atoms with Crippen LogP contribution in [-0.4, -0.2) is 123 Å². The minimum absolute atomic E-state index is 0.147. The second-order valence-electron chi connectivity index (χ2n) is 11.0. The number of benzene rings is 1. The van der Waals surface area contributed by atoms with E-state index in [4.69, 9.17) is 37.9 Å². The molecule has 7 rings (SSSR count). The van der Waals surface area contributed by atoms with Gasteiger partial charge in [0.05, 0.1) is 89.5 Å². The second kappa shape index (κ2) is 11.9. The molecule has 11 heteroatoms. The van der Waals surface area contributed by atoms with Gasteiger partial charge in [-0.3, -0.25) is 0 Å². The topological polar surface area (TPSA) is 154 Å². The Hall–Kier alpha value is -1.54. The average Bonchev–Trinajstić information content (AvgIpc) is 3.68. The molecule has 38 heavy (non-hydrogen) atoms.